The maximum absolute atomic E-state index is 9.15. The quantitative estimate of drug-likeness (QED) is 0.554. The molecule has 0 saturated heterocycles. The van der Waals surface area contributed by atoms with E-state index in [0.717, 1.165) is 0 Å². The van der Waals surface area contributed by atoms with Crippen LogP contribution in [0.15, 0.2) is 24.3 Å². The van der Waals surface area contributed by atoms with Crippen LogP contribution in [0.2, 0.25) is 0 Å². The van der Waals surface area contributed by atoms with Crippen molar-refractivity contribution >= 4 is 15.9 Å². The first-order valence-corrected chi connectivity index (χ1v) is 3.26. The Morgan fingerprint density at radius 3 is 2.50 bits per heavy atom. The first-order chi connectivity index (χ1) is 3.71. The zero-order valence-electron chi connectivity index (χ0n) is 4.34. The molecule has 0 amide bonds. The molecule has 0 aromatic carbocycles. The fraction of sp³-hybridized carbons (Fsp3) is 0.333. The third-order valence-corrected chi connectivity index (χ3v) is 1.59. The van der Waals surface area contributed by atoms with Gasteiger partial charge in [-0.25, -0.2) is 0 Å². The second-order valence-corrected chi connectivity index (χ2v) is 3.18. The number of allylic oxidation sites excluding steroid dienone is 2. The second-order valence-electron chi connectivity index (χ2n) is 1.81. The first-order valence-electron chi connectivity index (χ1n) is 2.46. The molecule has 0 unspecified atom stereocenters. The monoisotopic (exact) mass is 174 g/mol. The molecule has 0 heterocycles. The van der Waals surface area contributed by atoms with Crippen molar-refractivity contribution in [2.75, 3.05) is 0 Å². The molecule has 1 nitrogen and oxygen atoms in total. The highest BCUT2D eigenvalue weighted by molar-refractivity contribution is 9.10. The van der Waals surface area contributed by atoms with Crippen molar-refractivity contribution in [2.45, 2.75) is 10.9 Å². The molecule has 0 aromatic rings. The average molecular weight is 175 g/mol. The van der Waals surface area contributed by atoms with Crippen LogP contribution in [-0.4, -0.2) is 9.62 Å². The van der Waals surface area contributed by atoms with E-state index in [9.17, 15) is 0 Å². The lowest BCUT2D eigenvalue weighted by Gasteiger charge is -2.15. The van der Waals surface area contributed by atoms with E-state index in [0.29, 0.717) is 6.42 Å². The lowest BCUT2D eigenvalue weighted by molar-refractivity contribution is 0.197. The van der Waals surface area contributed by atoms with Crippen molar-refractivity contribution in [1.29, 1.82) is 0 Å². The molecule has 2 heteroatoms. The van der Waals surface area contributed by atoms with Crippen LogP contribution < -0.4 is 0 Å². The Bertz CT molecular complexity index is 135. The largest absolute Gasteiger partial charge is 0.375 e. The Labute approximate surface area is 56.8 Å². The molecule has 0 aliphatic heterocycles. The summed E-state index contributed by atoms with van der Waals surface area (Å²) in [6.07, 6.45) is 8.01. The van der Waals surface area contributed by atoms with Crippen molar-refractivity contribution in [3.05, 3.63) is 24.3 Å². The van der Waals surface area contributed by atoms with E-state index in [2.05, 4.69) is 15.9 Å². The number of rotatable bonds is 0. The summed E-state index contributed by atoms with van der Waals surface area (Å²) >= 11 is 3.11. The van der Waals surface area contributed by atoms with Crippen LogP contribution in [0.5, 0.6) is 0 Å². The topological polar surface area (TPSA) is 20.2 Å². The van der Waals surface area contributed by atoms with Gasteiger partial charge in [0.2, 0.25) is 0 Å². The molecule has 0 radical (unpaired) electrons. The highest BCUT2D eigenvalue weighted by atomic mass is 79.9. The number of halogens is 1. The Morgan fingerprint density at radius 2 is 2.25 bits per heavy atom. The van der Waals surface area contributed by atoms with Gasteiger partial charge in [0.25, 0.3) is 0 Å². The van der Waals surface area contributed by atoms with Gasteiger partial charge in [0.05, 0.1) is 0 Å². The lowest BCUT2D eigenvalue weighted by atomic mass is 10.1. The molecule has 0 saturated carbocycles. The van der Waals surface area contributed by atoms with Crippen LogP contribution >= 0.6 is 15.9 Å². The van der Waals surface area contributed by atoms with Crippen LogP contribution in [0.1, 0.15) is 6.42 Å². The molecule has 1 aliphatic rings. The van der Waals surface area contributed by atoms with Crippen molar-refractivity contribution in [1.82, 2.24) is 0 Å². The summed E-state index contributed by atoms with van der Waals surface area (Å²) in [5.74, 6) is 0. The van der Waals surface area contributed by atoms with E-state index in [1.54, 1.807) is 6.08 Å². The summed E-state index contributed by atoms with van der Waals surface area (Å²) in [6.45, 7) is 0. The summed E-state index contributed by atoms with van der Waals surface area (Å²) in [4.78, 5) is 0. The van der Waals surface area contributed by atoms with Crippen LogP contribution in [0.4, 0.5) is 0 Å². The van der Waals surface area contributed by atoms with Gasteiger partial charge in [-0.1, -0.05) is 18.2 Å². The van der Waals surface area contributed by atoms with Crippen molar-refractivity contribution in [3.8, 4) is 0 Å². The van der Waals surface area contributed by atoms with Gasteiger partial charge >= 0.3 is 0 Å². The van der Waals surface area contributed by atoms with Gasteiger partial charge in [0.1, 0.15) is 4.51 Å². The first kappa shape index (κ1) is 6.05. The summed E-state index contributed by atoms with van der Waals surface area (Å²) in [5.41, 5.74) is 0. The molecule has 0 bridgehead atoms. The minimum absolute atomic E-state index is 0.656. The van der Waals surface area contributed by atoms with Gasteiger partial charge in [-0.2, -0.15) is 0 Å². The van der Waals surface area contributed by atoms with Gasteiger partial charge in [0, 0.05) is 6.42 Å². The molecular formula is C6H7BrO. The van der Waals surface area contributed by atoms with Crippen molar-refractivity contribution < 1.29 is 5.11 Å². The maximum Gasteiger partial charge on any atom is 0.141 e. The van der Waals surface area contributed by atoms with E-state index in [1.165, 1.54) is 0 Å². The SMILES string of the molecule is O[C@@]1(Br)C=CC=CC1. The van der Waals surface area contributed by atoms with E-state index in [-0.39, 0.29) is 0 Å². The van der Waals surface area contributed by atoms with Gasteiger partial charge in [0.15, 0.2) is 0 Å². The Kier molecular flexibility index (Phi) is 1.54. The molecule has 1 rings (SSSR count). The molecular weight excluding hydrogens is 168 g/mol. The standard InChI is InChI=1S/C6H7BrO/c7-6(8)4-2-1-3-5-6/h1-4,8H,5H2/t6-/m0/s1. The van der Waals surface area contributed by atoms with Gasteiger partial charge < -0.3 is 5.11 Å². The number of alkyl halides is 1. The zero-order chi connectivity index (χ0) is 6.04. The summed E-state index contributed by atoms with van der Waals surface area (Å²) in [7, 11) is 0. The predicted octanol–water partition coefficient (Wildman–Crippen LogP) is 1.59. The number of aliphatic hydroxyl groups is 1. The van der Waals surface area contributed by atoms with E-state index in [4.69, 9.17) is 5.11 Å². The highest BCUT2D eigenvalue weighted by Gasteiger charge is 2.16. The van der Waals surface area contributed by atoms with E-state index >= 15 is 0 Å². The normalized spacial score (nSPS) is 35.8. The molecule has 1 aliphatic carbocycles. The van der Waals surface area contributed by atoms with Crippen LogP contribution in [0.25, 0.3) is 0 Å². The molecule has 1 N–H and O–H groups in total. The average Bonchev–Trinajstić information content (AvgIpc) is 1.65. The van der Waals surface area contributed by atoms with E-state index in [1.807, 2.05) is 18.2 Å². The fourth-order valence-electron chi connectivity index (χ4n) is 0.583. The zero-order valence-corrected chi connectivity index (χ0v) is 5.93. The minimum Gasteiger partial charge on any atom is -0.375 e. The molecule has 1 atom stereocenters. The predicted molar refractivity (Wildman–Crippen MR) is 36.8 cm³/mol. The molecule has 44 valence electrons. The number of hydrogen-bond acceptors (Lipinski definition) is 1. The van der Waals surface area contributed by atoms with Gasteiger partial charge in [-0.3, -0.25) is 0 Å². The summed E-state index contributed by atoms with van der Waals surface area (Å²) in [5, 5.41) is 9.15. The Morgan fingerprint density at radius 1 is 1.50 bits per heavy atom. The van der Waals surface area contributed by atoms with Gasteiger partial charge in [-0.05, 0) is 22.0 Å². The fourth-order valence-corrected chi connectivity index (χ4v) is 0.922. The summed E-state index contributed by atoms with van der Waals surface area (Å²) in [6, 6.07) is 0. The van der Waals surface area contributed by atoms with Gasteiger partial charge in [-0.15, -0.1) is 0 Å². The smallest absolute Gasteiger partial charge is 0.141 e. The van der Waals surface area contributed by atoms with Crippen LogP contribution in [-0.2, 0) is 0 Å². The Balaban J connectivity index is 2.65. The summed E-state index contributed by atoms with van der Waals surface area (Å²) < 4.78 is -0.776. The third-order valence-electron chi connectivity index (χ3n) is 1.00. The lowest BCUT2D eigenvalue weighted by Crippen LogP contribution is -2.15. The van der Waals surface area contributed by atoms with Crippen molar-refractivity contribution in [2.24, 2.45) is 0 Å². The second kappa shape index (κ2) is 2.03. The van der Waals surface area contributed by atoms with Crippen molar-refractivity contribution in [3.63, 3.8) is 0 Å². The molecule has 0 fully saturated rings. The van der Waals surface area contributed by atoms with E-state index < -0.39 is 4.51 Å². The molecule has 8 heavy (non-hydrogen) atoms. The third kappa shape index (κ3) is 1.46. The number of hydrogen-bond donors (Lipinski definition) is 1. The van der Waals surface area contributed by atoms with Crippen LogP contribution in [0.3, 0.4) is 0 Å². The minimum atomic E-state index is -0.776. The molecule has 0 aromatic heterocycles. The molecule has 0 spiro atoms. The Hall–Kier alpha value is -0.0800. The highest BCUT2D eigenvalue weighted by Crippen LogP contribution is 2.23. The maximum atomic E-state index is 9.15. The van der Waals surface area contributed by atoms with Crippen LogP contribution in [0, 0.1) is 0 Å².